The fourth-order valence-electron chi connectivity index (χ4n) is 3.10. The van der Waals surface area contributed by atoms with Crippen LogP contribution in [0.1, 0.15) is 25.3 Å². The second kappa shape index (κ2) is 4.94. The van der Waals surface area contributed by atoms with Gasteiger partial charge in [0.2, 0.25) is 9.84 Å². The van der Waals surface area contributed by atoms with Gasteiger partial charge >= 0.3 is 0 Å². The first-order valence-electron chi connectivity index (χ1n) is 7.29. The first kappa shape index (κ1) is 15.4. The minimum Gasteiger partial charge on any atom is -0.299 e. The molecule has 1 aliphatic heterocycles. The Kier molecular flexibility index (Phi) is 3.17. The summed E-state index contributed by atoms with van der Waals surface area (Å²) in [4.78, 5) is 24.3. The Morgan fingerprint density at radius 1 is 1.29 bits per heavy atom. The highest BCUT2D eigenvalue weighted by Crippen LogP contribution is 2.42. The van der Waals surface area contributed by atoms with Crippen molar-refractivity contribution in [3.05, 3.63) is 41.3 Å². The van der Waals surface area contributed by atoms with Crippen LogP contribution < -0.4 is 0 Å². The SMILES string of the molecule is CC1(S(=O)(=O)C2=Nc3nccc4cncc2c34)CC(=O)CC=C1Cl. The van der Waals surface area contributed by atoms with Gasteiger partial charge in [-0.3, -0.25) is 9.78 Å². The number of hydrogen-bond donors (Lipinski definition) is 0. The van der Waals surface area contributed by atoms with Crippen molar-refractivity contribution in [2.45, 2.75) is 24.5 Å². The average molecular weight is 362 g/mol. The van der Waals surface area contributed by atoms with Gasteiger partial charge in [-0.25, -0.2) is 18.4 Å². The van der Waals surface area contributed by atoms with Crippen molar-refractivity contribution in [2.75, 3.05) is 0 Å². The summed E-state index contributed by atoms with van der Waals surface area (Å²) in [5.41, 5.74) is 0.402. The molecule has 2 aromatic heterocycles. The Labute approximate surface area is 143 Å². The fraction of sp³-hybridized carbons (Fsp3) is 0.250. The summed E-state index contributed by atoms with van der Waals surface area (Å²) in [5.74, 6) is 0.172. The second-order valence-electron chi connectivity index (χ2n) is 6.04. The average Bonchev–Trinajstić information content (AvgIpc) is 2.93. The van der Waals surface area contributed by atoms with E-state index in [0.29, 0.717) is 16.8 Å². The quantitative estimate of drug-likeness (QED) is 0.779. The number of Topliss-reactive ketones (excluding diaryl/α,β-unsaturated/α-hetero) is 1. The smallest absolute Gasteiger partial charge is 0.207 e. The number of aliphatic imine (C=N–C) groups is 1. The maximum atomic E-state index is 13.3. The molecule has 2 aromatic rings. The van der Waals surface area contributed by atoms with E-state index < -0.39 is 14.6 Å². The van der Waals surface area contributed by atoms with Gasteiger partial charge in [0.1, 0.15) is 10.5 Å². The summed E-state index contributed by atoms with van der Waals surface area (Å²) in [7, 11) is -4.01. The van der Waals surface area contributed by atoms with Gasteiger partial charge < -0.3 is 0 Å². The number of halogens is 1. The Morgan fingerprint density at radius 2 is 2.08 bits per heavy atom. The number of nitrogens with zero attached hydrogens (tertiary/aromatic N) is 3. The van der Waals surface area contributed by atoms with Crippen LogP contribution in [0.2, 0.25) is 0 Å². The molecule has 8 heteroatoms. The summed E-state index contributed by atoms with van der Waals surface area (Å²) < 4.78 is 25.1. The third kappa shape index (κ3) is 1.91. The molecule has 122 valence electrons. The van der Waals surface area contributed by atoms with Gasteiger partial charge in [0.05, 0.1) is 0 Å². The summed E-state index contributed by atoms with van der Waals surface area (Å²) in [5, 5.41) is 1.43. The molecule has 0 saturated carbocycles. The first-order valence-corrected chi connectivity index (χ1v) is 9.15. The molecule has 0 saturated heterocycles. The molecule has 24 heavy (non-hydrogen) atoms. The van der Waals surface area contributed by atoms with Crippen LogP contribution in [0.4, 0.5) is 5.82 Å². The van der Waals surface area contributed by atoms with E-state index >= 15 is 0 Å². The fourth-order valence-corrected chi connectivity index (χ4v) is 5.32. The lowest BCUT2D eigenvalue weighted by molar-refractivity contribution is -0.118. The minimum absolute atomic E-state index is 0.127. The number of sulfone groups is 1. The van der Waals surface area contributed by atoms with Crippen molar-refractivity contribution in [3.63, 3.8) is 0 Å². The minimum atomic E-state index is -4.01. The number of ketones is 1. The highest BCUT2D eigenvalue weighted by molar-refractivity contribution is 8.08. The molecule has 0 spiro atoms. The van der Waals surface area contributed by atoms with Crippen molar-refractivity contribution < 1.29 is 13.2 Å². The Balaban J connectivity index is 1.95. The number of hydrogen-bond acceptors (Lipinski definition) is 6. The zero-order valence-electron chi connectivity index (χ0n) is 12.7. The molecule has 0 amide bonds. The van der Waals surface area contributed by atoms with E-state index in [1.54, 1.807) is 18.5 Å². The highest BCUT2D eigenvalue weighted by atomic mass is 35.5. The molecular formula is C16H12ClN3O3S. The molecule has 0 fully saturated rings. The van der Waals surface area contributed by atoms with E-state index in [1.165, 1.54) is 19.2 Å². The van der Waals surface area contributed by atoms with Crippen LogP contribution in [0.3, 0.4) is 0 Å². The van der Waals surface area contributed by atoms with Crippen molar-refractivity contribution >= 4 is 48.9 Å². The van der Waals surface area contributed by atoms with Crippen molar-refractivity contribution in [3.8, 4) is 0 Å². The molecule has 0 radical (unpaired) electrons. The summed E-state index contributed by atoms with van der Waals surface area (Å²) in [6.07, 6.45) is 6.09. The third-order valence-corrected chi connectivity index (χ3v) is 7.54. The van der Waals surface area contributed by atoms with Crippen molar-refractivity contribution in [2.24, 2.45) is 4.99 Å². The molecular weight excluding hydrogens is 350 g/mol. The van der Waals surface area contributed by atoms with Crippen LogP contribution in [0.15, 0.2) is 40.8 Å². The number of allylic oxidation sites excluding steroid dienone is 1. The van der Waals surface area contributed by atoms with Crippen LogP contribution in [-0.2, 0) is 14.6 Å². The second-order valence-corrected chi connectivity index (χ2v) is 8.74. The van der Waals surface area contributed by atoms with Gasteiger partial charge in [-0.05, 0) is 13.0 Å². The molecule has 1 atom stereocenters. The first-order chi connectivity index (χ1) is 11.3. The number of carbonyl (C=O) groups excluding carboxylic acids is 1. The summed E-state index contributed by atoms with van der Waals surface area (Å²) in [6, 6.07) is 1.75. The zero-order valence-corrected chi connectivity index (χ0v) is 14.2. The maximum absolute atomic E-state index is 13.3. The Hall–Kier alpha value is -2.12. The van der Waals surface area contributed by atoms with Crippen LogP contribution in [0, 0.1) is 0 Å². The predicted octanol–water partition coefficient (Wildman–Crippen LogP) is 2.68. The summed E-state index contributed by atoms with van der Waals surface area (Å²) >= 11 is 6.21. The lowest BCUT2D eigenvalue weighted by Crippen LogP contribution is -2.44. The molecule has 6 nitrogen and oxygen atoms in total. The third-order valence-electron chi connectivity index (χ3n) is 4.48. The van der Waals surface area contributed by atoms with E-state index in [9.17, 15) is 13.2 Å². The van der Waals surface area contributed by atoms with E-state index in [-0.39, 0.29) is 28.7 Å². The van der Waals surface area contributed by atoms with Gasteiger partial charge in [-0.15, -0.1) is 0 Å². The van der Waals surface area contributed by atoms with E-state index in [0.717, 1.165) is 5.39 Å². The van der Waals surface area contributed by atoms with Crippen LogP contribution in [-0.4, -0.2) is 34.0 Å². The monoisotopic (exact) mass is 361 g/mol. The molecule has 3 heterocycles. The van der Waals surface area contributed by atoms with Gasteiger partial charge in [0, 0.05) is 52.8 Å². The summed E-state index contributed by atoms with van der Waals surface area (Å²) in [6.45, 7) is 1.46. The Morgan fingerprint density at radius 3 is 2.88 bits per heavy atom. The lowest BCUT2D eigenvalue weighted by Gasteiger charge is -2.31. The van der Waals surface area contributed by atoms with E-state index in [2.05, 4.69) is 15.0 Å². The predicted molar refractivity (Wildman–Crippen MR) is 91.2 cm³/mol. The molecule has 0 bridgehead atoms. The van der Waals surface area contributed by atoms with Crippen LogP contribution >= 0.6 is 11.6 Å². The van der Waals surface area contributed by atoms with Gasteiger partial charge in [0.15, 0.2) is 10.9 Å². The van der Waals surface area contributed by atoms with E-state index in [1.807, 2.05) is 0 Å². The van der Waals surface area contributed by atoms with Gasteiger partial charge in [-0.1, -0.05) is 17.7 Å². The molecule has 1 unspecified atom stereocenters. The van der Waals surface area contributed by atoms with Crippen LogP contribution in [0.25, 0.3) is 10.8 Å². The van der Waals surface area contributed by atoms with Crippen molar-refractivity contribution in [1.82, 2.24) is 9.97 Å². The van der Waals surface area contributed by atoms with Gasteiger partial charge in [-0.2, -0.15) is 0 Å². The molecule has 4 rings (SSSR count). The normalized spacial score (nSPS) is 23.3. The number of rotatable bonds is 1. The van der Waals surface area contributed by atoms with E-state index in [4.69, 9.17) is 11.6 Å². The Bertz CT molecular complexity index is 1070. The molecule has 1 aliphatic carbocycles. The number of pyridine rings is 2. The highest BCUT2D eigenvalue weighted by Gasteiger charge is 2.49. The maximum Gasteiger partial charge on any atom is 0.207 e. The molecule has 2 aliphatic rings. The van der Waals surface area contributed by atoms with Gasteiger partial charge in [0.25, 0.3) is 0 Å². The number of aromatic nitrogens is 2. The standard InChI is InChI=1S/C16H12ClN3O3S/c1-16(6-10(21)2-3-12(16)17)24(22,23)15-11-8-18-7-9-4-5-19-14(20-15)13(9)11/h3-5,7-8H,2,6H2,1H3. The van der Waals surface area contributed by atoms with Crippen molar-refractivity contribution in [1.29, 1.82) is 0 Å². The molecule has 0 aromatic carbocycles. The largest absolute Gasteiger partial charge is 0.299 e. The number of carbonyl (C=O) groups is 1. The topological polar surface area (TPSA) is 89.3 Å². The lowest BCUT2D eigenvalue weighted by atomic mass is 9.95. The van der Waals surface area contributed by atoms with Crippen LogP contribution in [0.5, 0.6) is 0 Å². The molecule has 0 N–H and O–H groups in total. The zero-order chi connectivity index (χ0) is 17.1.